The van der Waals surface area contributed by atoms with E-state index in [1.807, 2.05) is 48.4 Å². The standard InChI is InChI=1S/C18H23N3O2S/c1-13(2)23-15-6-4-14(5-7-15)17-20-16(12-24-17)18(22)21-10-3-8-19-9-11-21/h4-7,12-13,19H,3,8-11H2,1-2H3. The van der Waals surface area contributed by atoms with Gasteiger partial charge in [0.15, 0.2) is 0 Å². The molecule has 0 saturated carbocycles. The number of rotatable bonds is 4. The molecule has 2 aromatic rings. The van der Waals surface area contributed by atoms with Crippen LogP contribution in [0.15, 0.2) is 29.6 Å². The molecule has 1 aliphatic heterocycles. The molecule has 1 saturated heterocycles. The Balaban J connectivity index is 1.71. The van der Waals surface area contributed by atoms with Crippen molar-refractivity contribution in [2.75, 3.05) is 26.2 Å². The zero-order valence-corrected chi connectivity index (χ0v) is 14.9. The highest BCUT2D eigenvalue weighted by Crippen LogP contribution is 2.26. The fourth-order valence-corrected chi connectivity index (χ4v) is 3.46. The number of nitrogens with one attached hydrogen (secondary N) is 1. The minimum atomic E-state index is 0.0287. The second-order valence-electron chi connectivity index (χ2n) is 6.12. The number of ether oxygens (including phenoxy) is 1. The Morgan fingerprint density at radius 3 is 2.79 bits per heavy atom. The fraction of sp³-hybridized carbons (Fsp3) is 0.444. The highest BCUT2D eigenvalue weighted by Gasteiger charge is 2.20. The van der Waals surface area contributed by atoms with Crippen LogP contribution in [-0.4, -0.2) is 48.1 Å². The van der Waals surface area contributed by atoms with Crippen molar-refractivity contribution in [2.24, 2.45) is 0 Å². The van der Waals surface area contributed by atoms with E-state index < -0.39 is 0 Å². The first-order valence-corrected chi connectivity index (χ1v) is 9.24. The van der Waals surface area contributed by atoms with Gasteiger partial charge in [0.25, 0.3) is 5.91 Å². The number of thiazole rings is 1. The summed E-state index contributed by atoms with van der Waals surface area (Å²) in [6, 6.07) is 7.86. The Labute approximate surface area is 146 Å². The van der Waals surface area contributed by atoms with E-state index in [1.165, 1.54) is 11.3 Å². The maximum absolute atomic E-state index is 12.6. The van der Waals surface area contributed by atoms with Gasteiger partial charge in [-0.1, -0.05) is 0 Å². The van der Waals surface area contributed by atoms with Gasteiger partial charge < -0.3 is 15.0 Å². The smallest absolute Gasteiger partial charge is 0.273 e. The number of benzene rings is 1. The van der Waals surface area contributed by atoms with Crippen molar-refractivity contribution >= 4 is 17.2 Å². The second-order valence-corrected chi connectivity index (χ2v) is 6.98. The van der Waals surface area contributed by atoms with Gasteiger partial charge in [0, 0.05) is 30.6 Å². The minimum Gasteiger partial charge on any atom is -0.491 e. The zero-order chi connectivity index (χ0) is 16.9. The van der Waals surface area contributed by atoms with Gasteiger partial charge in [-0.05, 0) is 51.1 Å². The number of nitrogens with zero attached hydrogens (tertiary/aromatic N) is 2. The maximum Gasteiger partial charge on any atom is 0.273 e. The minimum absolute atomic E-state index is 0.0287. The lowest BCUT2D eigenvalue weighted by atomic mass is 10.2. The molecule has 0 bridgehead atoms. The Morgan fingerprint density at radius 2 is 2.04 bits per heavy atom. The highest BCUT2D eigenvalue weighted by molar-refractivity contribution is 7.13. The quantitative estimate of drug-likeness (QED) is 0.925. The van der Waals surface area contributed by atoms with Gasteiger partial charge in [-0.25, -0.2) is 4.98 Å². The monoisotopic (exact) mass is 345 g/mol. The first-order chi connectivity index (χ1) is 11.6. The van der Waals surface area contributed by atoms with Gasteiger partial charge in [-0.15, -0.1) is 11.3 Å². The normalized spacial score (nSPS) is 15.4. The van der Waals surface area contributed by atoms with Crippen LogP contribution in [0.4, 0.5) is 0 Å². The van der Waals surface area contributed by atoms with E-state index in [1.54, 1.807) is 0 Å². The van der Waals surface area contributed by atoms with Gasteiger partial charge in [0.1, 0.15) is 16.5 Å². The lowest BCUT2D eigenvalue weighted by Gasteiger charge is -2.18. The summed E-state index contributed by atoms with van der Waals surface area (Å²) < 4.78 is 5.66. The zero-order valence-electron chi connectivity index (χ0n) is 14.1. The number of aromatic nitrogens is 1. The van der Waals surface area contributed by atoms with Crippen LogP contribution in [0.2, 0.25) is 0 Å². The summed E-state index contributed by atoms with van der Waals surface area (Å²) in [5, 5.41) is 6.03. The van der Waals surface area contributed by atoms with Crippen molar-refractivity contribution < 1.29 is 9.53 Å². The first-order valence-electron chi connectivity index (χ1n) is 8.36. The summed E-state index contributed by atoms with van der Waals surface area (Å²) >= 11 is 1.50. The van der Waals surface area contributed by atoms with E-state index in [0.29, 0.717) is 5.69 Å². The van der Waals surface area contributed by atoms with Crippen LogP contribution in [0, 0.1) is 0 Å². The molecule has 128 valence electrons. The van der Waals surface area contributed by atoms with Crippen LogP contribution >= 0.6 is 11.3 Å². The third-order valence-corrected chi connectivity index (χ3v) is 4.72. The van der Waals surface area contributed by atoms with Crippen molar-refractivity contribution in [1.82, 2.24) is 15.2 Å². The molecular formula is C18H23N3O2S. The molecule has 24 heavy (non-hydrogen) atoms. The van der Waals surface area contributed by atoms with Gasteiger partial charge >= 0.3 is 0 Å². The number of carbonyl (C=O) groups excluding carboxylic acids is 1. The van der Waals surface area contributed by atoms with E-state index in [9.17, 15) is 4.79 Å². The van der Waals surface area contributed by atoms with Gasteiger partial charge in [-0.3, -0.25) is 4.79 Å². The van der Waals surface area contributed by atoms with Crippen molar-refractivity contribution in [3.8, 4) is 16.3 Å². The Bertz CT molecular complexity index is 674. The van der Waals surface area contributed by atoms with Crippen LogP contribution in [0.3, 0.4) is 0 Å². The topological polar surface area (TPSA) is 54.5 Å². The molecule has 1 N–H and O–H groups in total. The largest absolute Gasteiger partial charge is 0.491 e. The summed E-state index contributed by atoms with van der Waals surface area (Å²) in [6.07, 6.45) is 1.14. The van der Waals surface area contributed by atoms with E-state index in [2.05, 4.69) is 10.3 Å². The molecule has 1 aromatic heterocycles. The molecule has 1 aromatic carbocycles. The summed E-state index contributed by atoms with van der Waals surface area (Å²) in [7, 11) is 0. The molecule has 0 unspecified atom stereocenters. The average Bonchev–Trinajstić information content (AvgIpc) is 2.90. The lowest BCUT2D eigenvalue weighted by molar-refractivity contribution is 0.0761. The van der Waals surface area contributed by atoms with Crippen LogP contribution in [0.25, 0.3) is 10.6 Å². The molecule has 0 spiro atoms. The number of hydrogen-bond acceptors (Lipinski definition) is 5. The van der Waals surface area contributed by atoms with E-state index in [-0.39, 0.29) is 12.0 Å². The van der Waals surface area contributed by atoms with Crippen LogP contribution in [0.5, 0.6) is 5.75 Å². The summed E-state index contributed by atoms with van der Waals surface area (Å²) in [6.45, 7) is 7.36. The number of hydrogen-bond donors (Lipinski definition) is 1. The average molecular weight is 345 g/mol. The van der Waals surface area contributed by atoms with Crippen molar-refractivity contribution in [2.45, 2.75) is 26.4 Å². The van der Waals surface area contributed by atoms with Gasteiger partial charge in [0.05, 0.1) is 6.10 Å². The lowest BCUT2D eigenvalue weighted by Crippen LogP contribution is -2.34. The van der Waals surface area contributed by atoms with Crippen LogP contribution < -0.4 is 10.1 Å². The van der Waals surface area contributed by atoms with Gasteiger partial charge in [-0.2, -0.15) is 0 Å². The van der Waals surface area contributed by atoms with Crippen LogP contribution in [0.1, 0.15) is 30.8 Å². The number of carbonyl (C=O) groups is 1. The van der Waals surface area contributed by atoms with Crippen molar-refractivity contribution in [3.63, 3.8) is 0 Å². The maximum atomic E-state index is 12.6. The Kier molecular flexibility index (Phi) is 5.48. The molecule has 0 aliphatic carbocycles. The van der Waals surface area contributed by atoms with Crippen molar-refractivity contribution in [3.05, 3.63) is 35.3 Å². The summed E-state index contributed by atoms with van der Waals surface area (Å²) in [4.78, 5) is 19.0. The van der Waals surface area contributed by atoms with E-state index in [0.717, 1.165) is 48.9 Å². The molecular weight excluding hydrogens is 322 g/mol. The third-order valence-electron chi connectivity index (χ3n) is 3.82. The predicted octanol–water partition coefficient (Wildman–Crippen LogP) is 3.03. The van der Waals surface area contributed by atoms with Gasteiger partial charge in [0.2, 0.25) is 0 Å². The predicted molar refractivity (Wildman–Crippen MR) is 96.7 cm³/mol. The SMILES string of the molecule is CC(C)Oc1ccc(-c2nc(C(=O)N3CCCNCC3)cs2)cc1. The van der Waals surface area contributed by atoms with E-state index >= 15 is 0 Å². The fourth-order valence-electron chi connectivity index (χ4n) is 2.66. The second kappa shape index (κ2) is 7.77. The molecule has 2 heterocycles. The molecule has 1 amide bonds. The molecule has 1 fully saturated rings. The highest BCUT2D eigenvalue weighted by atomic mass is 32.1. The Morgan fingerprint density at radius 1 is 1.25 bits per heavy atom. The Hall–Kier alpha value is -1.92. The molecule has 3 rings (SSSR count). The molecule has 1 aliphatic rings. The summed E-state index contributed by atoms with van der Waals surface area (Å²) in [5.74, 6) is 0.875. The first kappa shape index (κ1) is 16.9. The summed E-state index contributed by atoms with van der Waals surface area (Å²) in [5.41, 5.74) is 1.55. The van der Waals surface area contributed by atoms with Crippen LogP contribution in [-0.2, 0) is 0 Å². The van der Waals surface area contributed by atoms with Crippen molar-refractivity contribution in [1.29, 1.82) is 0 Å². The number of amides is 1. The van der Waals surface area contributed by atoms with E-state index in [4.69, 9.17) is 4.74 Å². The molecule has 0 radical (unpaired) electrons. The third kappa shape index (κ3) is 4.13. The molecule has 0 atom stereocenters. The molecule has 5 nitrogen and oxygen atoms in total. The molecule has 6 heteroatoms.